The first-order valence-electron chi connectivity index (χ1n) is 11.5. The summed E-state index contributed by atoms with van der Waals surface area (Å²) in [5, 5.41) is 0. The van der Waals surface area contributed by atoms with Gasteiger partial charge in [-0.3, -0.25) is 4.79 Å². The number of amides is 1. The third kappa shape index (κ3) is 3.36. The van der Waals surface area contributed by atoms with Crippen LogP contribution in [0.4, 0.5) is 5.82 Å². The van der Waals surface area contributed by atoms with Crippen molar-refractivity contribution in [1.29, 1.82) is 0 Å². The third-order valence-electron chi connectivity index (χ3n) is 7.50. The normalized spacial score (nSPS) is 26.7. The minimum Gasteiger partial charge on any atom is -0.347 e. The summed E-state index contributed by atoms with van der Waals surface area (Å²) in [4.78, 5) is 26.8. The lowest BCUT2D eigenvalue weighted by Gasteiger charge is -2.45. The molecule has 6 rings (SSSR count). The van der Waals surface area contributed by atoms with Crippen molar-refractivity contribution in [3.05, 3.63) is 53.2 Å². The highest BCUT2D eigenvalue weighted by molar-refractivity contribution is 7.16. The van der Waals surface area contributed by atoms with Crippen molar-refractivity contribution in [3.8, 4) is 12.3 Å². The zero-order chi connectivity index (χ0) is 21.7. The Labute approximate surface area is 192 Å². The Bertz CT molecular complexity index is 1180. The maximum Gasteiger partial charge on any atom is 0.225 e. The second-order valence-electron chi connectivity index (χ2n) is 9.44. The number of pyridine rings is 1. The topological polar surface area (TPSA) is 49.3 Å². The van der Waals surface area contributed by atoms with Gasteiger partial charge in [0.15, 0.2) is 0 Å². The summed E-state index contributed by atoms with van der Waals surface area (Å²) >= 11 is 1.72. The van der Waals surface area contributed by atoms with Crippen LogP contribution < -0.4 is 4.90 Å². The molecule has 2 atom stereocenters. The van der Waals surface area contributed by atoms with Crippen LogP contribution in [0.1, 0.15) is 36.8 Å². The van der Waals surface area contributed by atoms with Gasteiger partial charge in [0.25, 0.3) is 0 Å². The molecule has 0 radical (unpaired) electrons. The summed E-state index contributed by atoms with van der Waals surface area (Å²) in [6.07, 6.45) is 12.6. The molecule has 4 heterocycles. The van der Waals surface area contributed by atoms with E-state index in [2.05, 4.69) is 43.9 Å². The maximum absolute atomic E-state index is 13.3. The second kappa shape index (κ2) is 7.90. The number of carbonyl (C=O) groups is 1. The zero-order valence-corrected chi connectivity index (χ0v) is 18.8. The van der Waals surface area contributed by atoms with Crippen LogP contribution in [0.3, 0.4) is 0 Å². The van der Waals surface area contributed by atoms with Gasteiger partial charge in [0.2, 0.25) is 5.91 Å². The predicted octanol–water partition coefficient (Wildman–Crippen LogP) is 4.12. The SMILES string of the molecule is C#Cc1ccc(N2C3CCC2CN(C(=O)C2CC(Cc4cccc5ncsc45)C2)C3)nc1. The number of likely N-dealkylation sites (tertiary alicyclic amines) is 1. The first kappa shape index (κ1) is 19.8. The average Bonchev–Trinajstić information content (AvgIpc) is 3.38. The Morgan fingerprint density at radius 3 is 2.66 bits per heavy atom. The Kier molecular flexibility index (Phi) is 4.87. The van der Waals surface area contributed by atoms with E-state index in [1.807, 2.05) is 17.6 Å². The molecule has 3 aromatic rings. The number of nitrogens with zero attached hydrogens (tertiary/aromatic N) is 4. The summed E-state index contributed by atoms with van der Waals surface area (Å²) in [6.45, 7) is 1.63. The standard InChI is InChI=1S/C26H26N4OS/c1-2-17-6-9-24(27-13-17)30-21-7-8-22(30)15-29(14-21)26(31)20-11-18(12-20)10-19-4-3-5-23-25(19)32-16-28-23/h1,3-6,9,13,16,18,20-22H,7-8,10-12,14-15H2. The summed E-state index contributed by atoms with van der Waals surface area (Å²) in [6, 6.07) is 11.1. The third-order valence-corrected chi connectivity index (χ3v) is 8.42. The molecule has 3 aliphatic rings. The summed E-state index contributed by atoms with van der Waals surface area (Å²) in [5.74, 6) is 4.79. The molecule has 2 bridgehead atoms. The van der Waals surface area contributed by atoms with Crippen LogP contribution in [0.2, 0.25) is 0 Å². The molecule has 2 aliphatic heterocycles. The van der Waals surface area contributed by atoms with Gasteiger partial charge < -0.3 is 9.80 Å². The molecule has 3 fully saturated rings. The first-order chi connectivity index (χ1) is 15.7. The Hall–Kier alpha value is -2.91. The molecule has 0 N–H and O–H groups in total. The van der Waals surface area contributed by atoms with Crippen LogP contribution in [0.25, 0.3) is 10.2 Å². The summed E-state index contributed by atoms with van der Waals surface area (Å²) in [7, 11) is 0. The van der Waals surface area contributed by atoms with Gasteiger partial charge in [-0.15, -0.1) is 17.8 Å². The lowest BCUT2D eigenvalue weighted by atomic mass is 9.71. The summed E-state index contributed by atoms with van der Waals surface area (Å²) in [5.41, 5.74) is 5.21. The van der Waals surface area contributed by atoms with E-state index in [0.29, 0.717) is 23.9 Å². The number of rotatable bonds is 4. The lowest BCUT2D eigenvalue weighted by molar-refractivity contribution is -0.141. The number of hydrogen-bond donors (Lipinski definition) is 0. The van der Waals surface area contributed by atoms with Crippen molar-refractivity contribution < 1.29 is 4.79 Å². The van der Waals surface area contributed by atoms with E-state index >= 15 is 0 Å². The highest BCUT2D eigenvalue weighted by Gasteiger charge is 2.45. The number of thiazole rings is 1. The molecule has 2 aromatic heterocycles. The number of fused-ring (bicyclic) bond motifs is 3. The molecular formula is C26H26N4OS. The molecule has 32 heavy (non-hydrogen) atoms. The highest BCUT2D eigenvalue weighted by Crippen LogP contribution is 2.41. The number of carbonyl (C=O) groups excluding carboxylic acids is 1. The van der Waals surface area contributed by atoms with Crippen LogP contribution in [0.5, 0.6) is 0 Å². The van der Waals surface area contributed by atoms with Gasteiger partial charge in [0.05, 0.1) is 15.7 Å². The van der Waals surface area contributed by atoms with Gasteiger partial charge in [-0.05, 0) is 61.8 Å². The smallest absolute Gasteiger partial charge is 0.225 e. The van der Waals surface area contributed by atoms with Crippen molar-refractivity contribution in [2.24, 2.45) is 11.8 Å². The molecule has 0 spiro atoms. The van der Waals surface area contributed by atoms with Gasteiger partial charge in [-0.25, -0.2) is 9.97 Å². The highest BCUT2D eigenvalue weighted by atomic mass is 32.1. The molecule has 1 aromatic carbocycles. The molecule has 2 saturated heterocycles. The van der Waals surface area contributed by atoms with E-state index in [1.165, 1.54) is 10.3 Å². The van der Waals surface area contributed by atoms with Crippen LogP contribution in [-0.4, -0.2) is 45.9 Å². The van der Waals surface area contributed by atoms with Gasteiger partial charge >= 0.3 is 0 Å². The number of anilines is 1. The molecular weight excluding hydrogens is 416 g/mol. The Morgan fingerprint density at radius 2 is 1.94 bits per heavy atom. The molecule has 2 unspecified atom stereocenters. The van der Waals surface area contributed by atoms with Crippen molar-refractivity contribution in [2.75, 3.05) is 18.0 Å². The number of hydrogen-bond acceptors (Lipinski definition) is 5. The lowest BCUT2D eigenvalue weighted by Crippen LogP contribution is -2.57. The van der Waals surface area contributed by atoms with E-state index in [-0.39, 0.29) is 5.92 Å². The summed E-state index contributed by atoms with van der Waals surface area (Å²) < 4.78 is 1.30. The first-order valence-corrected chi connectivity index (χ1v) is 12.4. The fourth-order valence-electron chi connectivity index (χ4n) is 5.86. The number of terminal acetylenes is 1. The fourth-order valence-corrected chi connectivity index (χ4v) is 6.68. The van der Waals surface area contributed by atoms with Crippen molar-refractivity contribution in [2.45, 2.75) is 44.2 Å². The number of benzene rings is 1. The van der Waals surface area contributed by atoms with Gasteiger partial charge in [-0.2, -0.15) is 0 Å². The maximum atomic E-state index is 13.3. The quantitative estimate of drug-likeness (QED) is 0.571. The van der Waals surface area contributed by atoms with E-state index < -0.39 is 0 Å². The fraction of sp³-hybridized carbons (Fsp3) is 0.423. The van der Waals surface area contributed by atoms with Gasteiger partial charge in [0, 0.05) is 42.9 Å². The molecule has 6 heteroatoms. The molecule has 1 amide bonds. The number of piperazine rings is 1. The Balaban J connectivity index is 1.07. The predicted molar refractivity (Wildman–Crippen MR) is 128 cm³/mol. The molecule has 162 valence electrons. The molecule has 1 saturated carbocycles. The van der Waals surface area contributed by atoms with Gasteiger partial charge in [0.1, 0.15) is 5.82 Å². The second-order valence-corrected chi connectivity index (χ2v) is 10.3. The Morgan fingerprint density at radius 1 is 1.12 bits per heavy atom. The van der Waals surface area contributed by atoms with Crippen LogP contribution >= 0.6 is 11.3 Å². The van der Waals surface area contributed by atoms with Gasteiger partial charge in [-0.1, -0.05) is 18.1 Å². The van der Waals surface area contributed by atoms with E-state index in [4.69, 9.17) is 6.42 Å². The molecule has 5 nitrogen and oxygen atoms in total. The van der Waals surface area contributed by atoms with Crippen molar-refractivity contribution in [3.63, 3.8) is 0 Å². The van der Waals surface area contributed by atoms with Crippen molar-refractivity contribution in [1.82, 2.24) is 14.9 Å². The average molecular weight is 443 g/mol. The van der Waals surface area contributed by atoms with Crippen LogP contribution in [0.15, 0.2) is 42.0 Å². The molecule has 1 aliphatic carbocycles. The van der Waals surface area contributed by atoms with E-state index in [9.17, 15) is 4.79 Å². The minimum absolute atomic E-state index is 0.194. The number of aromatic nitrogens is 2. The van der Waals surface area contributed by atoms with E-state index in [0.717, 1.165) is 62.1 Å². The van der Waals surface area contributed by atoms with Crippen molar-refractivity contribution >= 4 is 33.3 Å². The van der Waals surface area contributed by atoms with Crippen LogP contribution in [0, 0.1) is 24.2 Å². The minimum atomic E-state index is 0.194. The monoisotopic (exact) mass is 442 g/mol. The van der Waals surface area contributed by atoms with Crippen LogP contribution in [-0.2, 0) is 11.2 Å². The van der Waals surface area contributed by atoms with E-state index in [1.54, 1.807) is 17.5 Å². The largest absolute Gasteiger partial charge is 0.347 e. The zero-order valence-electron chi connectivity index (χ0n) is 18.0.